The van der Waals surface area contributed by atoms with Gasteiger partial charge in [0.05, 0.1) is 13.1 Å². The third kappa shape index (κ3) is 5.99. The Labute approximate surface area is 149 Å². The van der Waals surface area contributed by atoms with Crippen molar-refractivity contribution >= 4 is 17.5 Å². The van der Waals surface area contributed by atoms with Gasteiger partial charge in [-0.15, -0.1) is 6.58 Å². The molecule has 6 heteroatoms. The first-order chi connectivity index (χ1) is 12.0. The predicted molar refractivity (Wildman–Crippen MR) is 101 cm³/mol. The smallest absolute Gasteiger partial charge is 0.238 e. The first-order valence-corrected chi connectivity index (χ1v) is 8.68. The monoisotopic (exact) mass is 344 g/mol. The average Bonchev–Trinajstić information content (AvgIpc) is 2.59. The molecule has 1 aliphatic rings. The highest BCUT2D eigenvalue weighted by Crippen LogP contribution is 2.17. The van der Waals surface area contributed by atoms with E-state index in [0.717, 1.165) is 37.4 Å². The van der Waals surface area contributed by atoms with Gasteiger partial charge in [0.25, 0.3) is 0 Å². The van der Waals surface area contributed by atoms with Crippen LogP contribution in [0.25, 0.3) is 0 Å². The molecular weight excluding hydrogens is 316 g/mol. The summed E-state index contributed by atoms with van der Waals surface area (Å²) in [6, 6.07) is 5.92. The maximum atomic E-state index is 12.3. The Balaban J connectivity index is 1.74. The lowest BCUT2D eigenvalue weighted by Gasteiger charge is -2.33. The topological polar surface area (TPSA) is 64.7 Å². The molecule has 1 fully saturated rings. The van der Waals surface area contributed by atoms with Crippen LogP contribution in [0, 0.1) is 13.8 Å². The SMILES string of the molecule is C=CCNC(=O)CN1CCN(CC(=O)Nc2cccc(C)c2C)CC1. The number of hydrogen-bond donors (Lipinski definition) is 2. The van der Waals surface area contributed by atoms with Gasteiger partial charge in [-0.1, -0.05) is 18.2 Å². The number of amides is 2. The van der Waals surface area contributed by atoms with Crippen LogP contribution in [0.1, 0.15) is 11.1 Å². The van der Waals surface area contributed by atoms with Crippen molar-refractivity contribution in [3.05, 3.63) is 42.0 Å². The largest absolute Gasteiger partial charge is 0.352 e. The van der Waals surface area contributed by atoms with Gasteiger partial charge in [-0.3, -0.25) is 19.4 Å². The van der Waals surface area contributed by atoms with Crippen molar-refractivity contribution in [2.45, 2.75) is 13.8 Å². The molecule has 2 rings (SSSR count). The lowest BCUT2D eigenvalue weighted by molar-refractivity contribution is -0.123. The fraction of sp³-hybridized carbons (Fsp3) is 0.474. The van der Waals surface area contributed by atoms with Crippen LogP contribution in [0.3, 0.4) is 0 Å². The van der Waals surface area contributed by atoms with Crippen molar-refractivity contribution in [3.8, 4) is 0 Å². The molecule has 1 aliphatic heterocycles. The van der Waals surface area contributed by atoms with Crippen LogP contribution in [0.15, 0.2) is 30.9 Å². The molecule has 1 saturated heterocycles. The molecule has 0 unspecified atom stereocenters. The van der Waals surface area contributed by atoms with E-state index >= 15 is 0 Å². The van der Waals surface area contributed by atoms with Crippen molar-refractivity contribution in [1.82, 2.24) is 15.1 Å². The Morgan fingerprint density at radius 3 is 2.28 bits per heavy atom. The summed E-state index contributed by atoms with van der Waals surface area (Å²) in [7, 11) is 0. The zero-order chi connectivity index (χ0) is 18.2. The molecule has 0 aliphatic carbocycles. The molecule has 2 N–H and O–H groups in total. The van der Waals surface area contributed by atoms with Gasteiger partial charge in [-0.05, 0) is 31.0 Å². The summed E-state index contributed by atoms with van der Waals surface area (Å²) in [4.78, 5) is 28.2. The molecule has 0 radical (unpaired) electrons. The molecular formula is C19H28N4O2. The molecule has 0 saturated carbocycles. The Hall–Kier alpha value is -2.18. The Bertz CT molecular complexity index is 622. The maximum Gasteiger partial charge on any atom is 0.238 e. The second kappa shape index (κ2) is 9.34. The van der Waals surface area contributed by atoms with Gasteiger partial charge >= 0.3 is 0 Å². The van der Waals surface area contributed by atoms with E-state index in [9.17, 15) is 9.59 Å². The highest BCUT2D eigenvalue weighted by atomic mass is 16.2. The van der Waals surface area contributed by atoms with Gasteiger partial charge in [0, 0.05) is 38.4 Å². The molecule has 0 aromatic heterocycles. The van der Waals surface area contributed by atoms with E-state index in [-0.39, 0.29) is 11.8 Å². The number of anilines is 1. The summed E-state index contributed by atoms with van der Waals surface area (Å²) in [6.45, 7) is 12.1. The number of carbonyl (C=O) groups excluding carboxylic acids is 2. The standard InChI is InChI=1S/C19H28N4O2/c1-4-8-20-18(24)13-22-9-11-23(12-10-22)14-19(25)21-17-7-5-6-15(2)16(17)3/h4-7H,1,8-14H2,2-3H3,(H,20,24)(H,21,25). The van der Waals surface area contributed by atoms with Crippen molar-refractivity contribution in [3.63, 3.8) is 0 Å². The second-order valence-electron chi connectivity index (χ2n) is 6.44. The number of nitrogens with zero attached hydrogens (tertiary/aromatic N) is 2. The molecule has 0 bridgehead atoms. The number of nitrogens with one attached hydrogen (secondary N) is 2. The summed E-state index contributed by atoms with van der Waals surface area (Å²) >= 11 is 0. The Kier molecular flexibility index (Phi) is 7.16. The fourth-order valence-electron chi connectivity index (χ4n) is 2.83. The number of aryl methyl sites for hydroxylation is 1. The van der Waals surface area contributed by atoms with Gasteiger partial charge in [0.1, 0.15) is 0 Å². The van der Waals surface area contributed by atoms with Gasteiger partial charge in [0.2, 0.25) is 11.8 Å². The molecule has 136 valence electrons. The van der Waals surface area contributed by atoms with Gasteiger partial charge in [-0.25, -0.2) is 0 Å². The third-order valence-corrected chi connectivity index (χ3v) is 4.52. The molecule has 1 aromatic rings. The van der Waals surface area contributed by atoms with Crippen LogP contribution in [-0.2, 0) is 9.59 Å². The van der Waals surface area contributed by atoms with E-state index in [1.807, 2.05) is 32.0 Å². The van der Waals surface area contributed by atoms with E-state index in [1.54, 1.807) is 6.08 Å². The van der Waals surface area contributed by atoms with Crippen molar-refractivity contribution in [1.29, 1.82) is 0 Å². The number of carbonyl (C=O) groups is 2. The van der Waals surface area contributed by atoms with Gasteiger partial charge in [-0.2, -0.15) is 0 Å². The van der Waals surface area contributed by atoms with Crippen molar-refractivity contribution < 1.29 is 9.59 Å². The number of piperazine rings is 1. The summed E-state index contributed by atoms with van der Waals surface area (Å²) in [5.74, 6) is 0.0203. The number of hydrogen-bond acceptors (Lipinski definition) is 4. The first kappa shape index (κ1) is 19.1. The molecule has 25 heavy (non-hydrogen) atoms. The highest BCUT2D eigenvalue weighted by Gasteiger charge is 2.20. The zero-order valence-electron chi connectivity index (χ0n) is 15.2. The van der Waals surface area contributed by atoms with Crippen LogP contribution >= 0.6 is 0 Å². The number of benzene rings is 1. The molecule has 1 heterocycles. The predicted octanol–water partition coefficient (Wildman–Crippen LogP) is 1.16. The van der Waals surface area contributed by atoms with Crippen LogP contribution in [0.4, 0.5) is 5.69 Å². The van der Waals surface area contributed by atoms with Crippen LogP contribution in [0.2, 0.25) is 0 Å². The van der Waals surface area contributed by atoms with E-state index in [4.69, 9.17) is 0 Å². The average molecular weight is 344 g/mol. The number of rotatable bonds is 7. The second-order valence-corrected chi connectivity index (χ2v) is 6.44. The molecule has 0 spiro atoms. The van der Waals surface area contributed by atoms with Crippen molar-refractivity contribution in [2.75, 3.05) is 51.1 Å². The first-order valence-electron chi connectivity index (χ1n) is 8.68. The highest BCUT2D eigenvalue weighted by molar-refractivity contribution is 5.93. The third-order valence-electron chi connectivity index (χ3n) is 4.52. The molecule has 2 amide bonds. The zero-order valence-corrected chi connectivity index (χ0v) is 15.2. The van der Waals surface area contributed by atoms with Gasteiger partial charge < -0.3 is 10.6 Å². The summed E-state index contributed by atoms with van der Waals surface area (Å²) in [5, 5.41) is 5.78. The van der Waals surface area contributed by atoms with E-state index in [2.05, 4.69) is 27.0 Å². The normalized spacial score (nSPS) is 15.6. The van der Waals surface area contributed by atoms with Gasteiger partial charge in [0.15, 0.2) is 0 Å². The van der Waals surface area contributed by atoms with E-state index in [0.29, 0.717) is 19.6 Å². The maximum absolute atomic E-state index is 12.3. The summed E-state index contributed by atoms with van der Waals surface area (Å²) < 4.78 is 0. The molecule has 6 nitrogen and oxygen atoms in total. The lowest BCUT2D eigenvalue weighted by Crippen LogP contribution is -2.51. The van der Waals surface area contributed by atoms with E-state index in [1.165, 1.54) is 5.56 Å². The molecule has 0 atom stereocenters. The van der Waals surface area contributed by atoms with Crippen LogP contribution < -0.4 is 10.6 Å². The van der Waals surface area contributed by atoms with Crippen molar-refractivity contribution in [2.24, 2.45) is 0 Å². The summed E-state index contributed by atoms with van der Waals surface area (Å²) in [6.07, 6.45) is 1.67. The van der Waals surface area contributed by atoms with Crippen LogP contribution in [-0.4, -0.2) is 67.4 Å². The fourth-order valence-corrected chi connectivity index (χ4v) is 2.83. The van der Waals surface area contributed by atoms with E-state index < -0.39 is 0 Å². The molecule has 1 aromatic carbocycles. The Morgan fingerprint density at radius 2 is 1.68 bits per heavy atom. The Morgan fingerprint density at radius 1 is 1.08 bits per heavy atom. The summed E-state index contributed by atoms with van der Waals surface area (Å²) in [5.41, 5.74) is 3.15. The quantitative estimate of drug-likeness (QED) is 0.729. The minimum absolute atomic E-state index is 0.00544. The minimum atomic E-state index is 0.00544. The van der Waals surface area contributed by atoms with Crippen LogP contribution in [0.5, 0.6) is 0 Å². The lowest BCUT2D eigenvalue weighted by atomic mass is 10.1. The minimum Gasteiger partial charge on any atom is -0.352 e.